The molecule has 4 aromatic rings. The largest absolute Gasteiger partial charge is 0.497 e. The Morgan fingerprint density at radius 1 is 0.971 bits per heavy atom. The summed E-state index contributed by atoms with van der Waals surface area (Å²) < 4.78 is 26.2. The molecule has 1 amide bonds. The van der Waals surface area contributed by atoms with Gasteiger partial charge in [0.2, 0.25) is 0 Å². The first kappa shape index (κ1) is 23.4. The van der Waals surface area contributed by atoms with Gasteiger partial charge in [-0.05, 0) is 73.4 Å². The van der Waals surface area contributed by atoms with Crippen LogP contribution in [0.5, 0.6) is 11.5 Å². The lowest BCUT2D eigenvalue weighted by Crippen LogP contribution is -2.25. The standard InChI is InChI=1S/C28H29FN2O3/c1-18-19(2)31(17-20-5-9-23(29)10-6-20)26-12-8-22(15-25(18)26)28(32)30-14-13-21-7-11-24(33-3)16-27(21)34-4/h5-12,15-16H,13-14,17H2,1-4H3,(H,30,32). The van der Waals surface area contributed by atoms with Gasteiger partial charge in [0.1, 0.15) is 17.3 Å². The Morgan fingerprint density at radius 2 is 1.74 bits per heavy atom. The van der Waals surface area contributed by atoms with Gasteiger partial charge in [0, 0.05) is 41.3 Å². The lowest BCUT2D eigenvalue weighted by Gasteiger charge is -2.11. The molecule has 0 atom stereocenters. The number of carbonyl (C=O) groups excluding carboxylic acids is 1. The number of aryl methyl sites for hydroxylation is 1. The van der Waals surface area contributed by atoms with Crippen LogP contribution < -0.4 is 14.8 Å². The Morgan fingerprint density at radius 3 is 2.44 bits per heavy atom. The summed E-state index contributed by atoms with van der Waals surface area (Å²) in [6.45, 7) is 5.27. The van der Waals surface area contributed by atoms with E-state index in [2.05, 4.69) is 23.7 Å². The lowest BCUT2D eigenvalue weighted by molar-refractivity contribution is 0.0954. The molecule has 0 unspecified atom stereocenters. The van der Waals surface area contributed by atoms with E-state index < -0.39 is 0 Å². The molecule has 0 fully saturated rings. The Balaban J connectivity index is 1.49. The third-order valence-electron chi connectivity index (χ3n) is 6.33. The van der Waals surface area contributed by atoms with E-state index in [1.54, 1.807) is 26.4 Å². The summed E-state index contributed by atoms with van der Waals surface area (Å²) in [4.78, 5) is 12.9. The fourth-order valence-electron chi connectivity index (χ4n) is 4.24. The molecule has 0 bridgehead atoms. The average molecular weight is 461 g/mol. The molecule has 5 nitrogen and oxygen atoms in total. The second kappa shape index (κ2) is 10.00. The Bertz CT molecular complexity index is 1330. The van der Waals surface area contributed by atoms with Gasteiger partial charge in [0.25, 0.3) is 5.91 Å². The number of hydrogen-bond donors (Lipinski definition) is 1. The minimum Gasteiger partial charge on any atom is -0.497 e. The number of halogens is 1. The molecule has 0 spiro atoms. The molecule has 6 heteroatoms. The average Bonchev–Trinajstić information content (AvgIpc) is 3.09. The number of rotatable bonds is 8. The summed E-state index contributed by atoms with van der Waals surface area (Å²) in [6, 6.07) is 18.0. The number of aromatic nitrogens is 1. The summed E-state index contributed by atoms with van der Waals surface area (Å²) >= 11 is 0. The Labute approximate surface area is 199 Å². The normalized spacial score (nSPS) is 11.0. The molecule has 0 saturated heterocycles. The van der Waals surface area contributed by atoms with Gasteiger partial charge in [-0.2, -0.15) is 0 Å². The van der Waals surface area contributed by atoms with Crippen molar-refractivity contribution in [3.05, 3.63) is 94.4 Å². The number of carbonyl (C=O) groups is 1. The van der Waals surface area contributed by atoms with E-state index in [4.69, 9.17) is 9.47 Å². The summed E-state index contributed by atoms with van der Waals surface area (Å²) in [6.07, 6.45) is 0.646. The van der Waals surface area contributed by atoms with Crippen molar-refractivity contribution in [3.63, 3.8) is 0 Å². The minimum absolute atomic E-state index is 0.113. The number of nitrogens with one attached hydrogen (secondary N) is 1. The second-order valence-corrected chi connectivity index (χ2v) is 8.34. The quantitative estimate of drug-likeness (QED) is 0.381. The first-order valence-corrected chi connectivity index (χ1v) is 11.2. The van der Waals surface area contributed by atoms with Gasteiger partial charge in [-0.15, -0.1) is 0 Å². The van der Waals surface area contributed by atoms with Crippen LogP contribution in [0.2, 0.25) is 0 Å². The zero-order valence-electron chi connectivity index (χ0n) is 19.9. The van der Waals surface area contributed by atoms with Gasteiger partial charge in [-0.25, -0.2) is 4.39 Å². The van der Waals surface area contributed by atoms with Gasteiger partial charge in [-0.1, -0.05) is 18.2 Å². The summed E-state index contributed by atoms with van der Waals surface area (Å²) in [5.74, 6) is 1.12. The van der Waals surface area contributed by atoms with Crippen molar-refractivity contribution >= 4 is 16.8 Å². The highest BCUT2D eigenvalue weighted by atomic mass is 19.1. The van der Waals surface area contributed by atoms with Crippen molar-refractivity contribution in [3.8, 4) is 11.5 Å². The molecule has 0 aliphatic rings. The second-order valence-electron chi connectivity index (χ2n) is 8.34. The molecular weight excluding hydrogens is 431 g/mol. The fraction of sp³-hybridized carbons (Fsp3) is 0.250. The zero-order valence-corrected chi connectivity index (χ0v) is 19.9. The van der Waals surface area contributed by atoms with Crippen molar-refractivity contribution in [1.29, 1.82) is 0 Å². The van der Waals surface area contributed by atoms with Crippen LogP contribution in [0.1, 0.15) is 32.7 Å². The molecule has 1 aromatic heterocycles. The van der Waals surface area contributed by atoms with Crippen molar-refractivity contribution in [2.75, 3.05) is 20.8 Å². The number of nitrogens with zero attached hydrogens (tertiary/aromatic N) is 1. The Hall–Kier alpha value is -3.80. The van der Waals surface area contributed by atoms with E-state index >= 15 is 0 Å². The highest BCUT2D eigenvalue weighted by molar-refractivity contribution is 5.99. The van der Waals surface area contributed by atoms with Gasteiger partial charge in [-0.3, -0.25) is 4.79 Å². The molecule has 0 radical (unpaired) electrons. The molecule has 0 aliphatic carbocycles. The maximum atomic E-state index is 13.3. The number of hydrogen-bond acceptors (Lipinski definition) is 3. The van der Waals surface area contributed by atoms with Crippen LogP contribution in [0.25, 0.3) is 10.9 Å². The summed E-state index contributed by atoms with van der Waals surface area (Å²) in [7, 11) is 3.24. The third kappa shape index (κ3) is 4.76. The molecule has 4 rings (SSSR count). The van der Waals surface area contributed by atoms with Crippen LogP contribution in [0.15, 0.2) is 60.7 Å². The molecule has 1 heterocycles. The van der Waals surface area contributed by atoms with Gasteiger partial charge in [0.05, 0.1) is 14.2 Å². The topological polar surface area (TPSA) is 52.5 Å². The maximum absolute atomic E-state index is 13.3. The van der Waals surface area contributed by atoms with Gasteiger partial charge < -0.3 is 19.4 Å². The number of methoxy groups -OCH3 is 2. The summed E-state index contributed by atoms with van der Waals surface area (Å²) in [5, 5.41) is 4.06. The predicted molar refractivity (Wildman–Crippen MR) is 132 cm³/mol. The molecule has 34 heavy (non-hydrogen) atoms. The predicted octanol–water partition coefficient (Wildman–Crippen LogP) is 5.44. The van der Waals surface area contributed by atoms with E-state index in [0.29, 0.717) is 25.1 Å². The molecule has 0 saturated carbocycles. The fourth-order valence-corrected chi connectivity index (χ4v) is 4.24. The first-order chi connectivity index (χ1) is 16.4. The number of benzene rings is 3. The van der Waals surface area contributed by atoms with Gasteiger partial charge >= 0.3 is 0 Å². The monoisotopic (exact) mass is 460 g/mol. The van der Waals surface area contributed by atoms with Crippen LogP contribution in [0, 0.1) is 19.7 Å². The van der Waals surface area contributed by atoms with E-state index in [0.717, 1.165) is 44.8 Å². The number of amides is 1. The van der Waals surface area contributed by atoms with Crippen LogP contribution in [0.4, 0.5) is 4.39 Å². The van der Waals surface area contributed by atoms with Crippen LogP contribution in [-0.4, -0.2) is 31.2 Å². The minimum atomic E-state index is -0.241. The Kier molecular flexibility index (Phi) is 6.87. The molecule has 3 aromatic carbocycles. The van der Waals surface area contributed by atoms with Crippen LogP contribution in [0.3, 0.4) is 0 Å². The van der Waals surface area contributed by atoms with Crippen molar-refractivity contribution < 1.29 is 18.7 Å². The van der Waals surface area contributed by atoms with Crippen LogP contribution >= 0.6 is 0 Å². The van der Waals surface area contributed by atoms with E-state index in [1.165, 1.54) is 12.1 Å². The number of fused-ring (bicyclic) bond motifs is 1. The SMILES string of the molecule is COc1ccc(CCNC(=O)c2ccc3c(c2)c(C)c(C)n3Cc2ccc(F)cc2)c(OC)c1. The molecule has 1 N–H and O–H groups in total. The van der Waals surface area contributed by atoms with Crippen molar-refractivity contribution in [2.45, 2.75) is 26.8 Å². The van der Waals surface area contributed by atoms with Gasteiger partial charge in [0.15, 0.2) is 0 Å². The van der Waals surface area contributed by atoms with E-state index in [-0.39, 0.29) is 11.7 Å². The summed E-state index contributed by atoms with van der Waals surface area (Å²) in [5.41, 5.74) is 5.97. The lowest BCUT2D eigenvalue weighted by atomic mass is 10.1. The highest BCUT2D eigenvalue weighted by Gasteiger charge is 2.15. The molecular formula is C28H29FN2O3. The highest BCUT2D eigenvalue weighted by Crippen LogP contribution is 2.28. The van der Waals surface area contributed by atoms with Crippen molar-refractivity contribution in [1.82, 2.24) is 9.88 Å². The molecule has 176 valence electrons. The zero-order chi connectivity index (χ0) is 24.2. The number of ether oxygens (including phenoxy) is 2. The van der Waals surface area contributed by atoms with Crippen LogP contribution in [-0.2, 0) is 13.0 Å². The smallest absolute Gasteiger partial charge is 0.251 e. The first-order valence-electron chi connectivity index (χ1n) is 11.2. The van der Waals surface area contributed by atoms with E-state index in [1.807, 2.05) is 36.4 Å². The van der Waals surface area contributed by atoms with E-state index in [9.17, 15) is 9.18 Å². The third-order valence-corrected chi connectivity index (χ3v) is 6.33. The molecule has 0 aliphatic heterocycles. The van der Waals surface area contributed by atoms with Crippen molar-refractivity contribution in [2.24, 2.45) is 0 Å². The maximum Gasteiger partial charge on any atom is 0.251 e.